The first kappa shape index (κ1) is 19.4. The van der Waals surface area contributed by atoms with Crippen LogP contribution in [0.5, 0.6) is 5.75 Å². The molecule has 1 amide bonds. The average molecular weight is 406 g/mol. The predicted molar refractivity (Wildman–Crippen MR) is 110 cm³/mol. The molecule has 0 bridgehead atoms. The predicted octanol–water partition coefficient (Wildman–Crippen LogP) is 3.02. The number of anilines is 2. The summed E-state index contributed by atoms with van der Waals surface area (Å²) in [6.07, 6.45) is 3.68. The molecule has 2 aromatic rings. The Morgan fingerprint density at radius 2 is 2.07 bits per heavy atom. The van der Waals surface area contributed by atoms with Gasteiger partial charge in [-0.15, -0.1) is 0 Å². The molecule has 2 fully saturated rings. The van der Waals surface area contributed by atoms with Crippen molar-refractivity contribution < 1.29 is 19.4 Å². The fourth-order valence-electron chi connectivity index (χ4n) is 4.02. The van der Waals surface area contributed by atoms with Gasteiger partial charge in [-0.1, -0.05) is 11.3 Å². The summed E-state index contributed by atoms with van der Waals surface area (Å²) in [4.78, 5) is 19.5. The number of hydrogen-bond acceptors (Lipinski definition) is 7. The Balaban J connectivity index is 1.52. The molecule has 1 aromatic heterocycles. The number of thiazole rings is 1. The molecule has 1 saturated carbocycles. The second kappa shape index (κ2) is 8.63. The van der Waals surface area contributed by atoms with E-state index in [4.69, 9.17) is 9.47 Å². The fourth-order valence-corrected chi connectivity index (χ4v) is 5.06. The third-order valence-corrected chi connectivity index (χ3v) is 6.59. The zero-order chi connectivity index (χ0) is 19.5. The van der Waals surface area contributed by atoms with Crippen molar-refractivity contribution in [3.05, 3.63) is 12.1 Å². The van der Waals surface area contributed by atoms with Crippen LogP contribution in [0.4, 0.5) is 10.8 Å². The van der Waals surface area contributed by atoms with E-state index in [9.17, 15) is 9.90 Å². The number of carbonyl (C=O) groups excluding carboxylic acids is 1. The number of hydrogen-bond donors (Lipinski definition) is 2. The van der Waals surface area contributed by atoms with E-state index in [0.29, 0.717) is 36.4 Å². The third-order valence-electron chi connectivity index (χ3n) is 5.59. The number of fused-ring (bicyclic) bond motifs is 1. The molecule has 0 spiro atoms. The zero-order valence-electron chi connectivity index (χ0n) is 16.1. The number of benzene rings is 1. The summed E-state index contributed by atoms with van der Waals surface area (Å²) >= 11 is 1.49. The quantitative estimate of drug-likeness (QED) is 0.796. The average Bonchev–Trinajstić information content (AvgIpc) is 3.13. The number of morpholine rings is 1. The van der Waals surface area contributed by atoms with Gasteiger partial charge in [-0.3, -0.25) is 4.79 Å². The highest BCUT2D eigenvalue weighted by molar-refractivity contribution is 7.23. The topological polar surface area (TPSA) is 83.9 Å². The molecule has 8 heteroatoms. The minimum atomic E-state index is -0.199. The van der Waals surface area contributed by atoms with Crippen LogP contribution in [0.3, 0.4) is 0 Å². The lowest BCUT2D eigenvalue weighted by Gasteiger charge is -2.29. The van der Waals surface area contributed by atoms with E-state index in [1.165, 1.54) is 11.3 Å². The number of aliphatic hydroxyl groups excluding tert-OH is 1. The molecule has 0 unspecified atom stereocenters. The van der Waals surface area contributed by atoms with E-state index in [1.54, 1.807) is 7.11 Å². The van der Waals surface area contributed by atoms with Crippen molar-refractivity contribution in [2.24, 2.45) is 5.92 Å². The summed E-state index contributed by atoms with van der Waals surface area (Å²) in [5.74, 6) is 1.05. The van der Waals surface area contributed by atoms with Crippen molar-refractivity contribution in [3.63, 3.8) is 0 Å². The van der Waals surface area contributed by atoms with Crippen molar-refractivity contribution in [1.29, 1.82) is 0 Å². The molecule has 1 aliphatic carbocycles. The smallest absolute Gasteiger partial charge is 0.226 e. The number of aliphatic hydroxyl groups is 1. The molecule has 2 N–H and O–H groups in total. The summed E-state index contributed by atoms with van der Waals surface area (Å²) in [7, 11) is 1.64. The fraction of sp³-hybridized carbons (Fsp3) is 0.600. The minimum absolute atomic E-state index is 0.00710. The van der Waals surface area contributed by atoms with Crippen molar-refractivity contribution in [2.75, 3.05) is 43.6 Å². The Hall–Kier alpha value is -1.90. The van der Waals surface area contributed by atoms with Crippen LogP contribution in [-0.2, 0) is 9.53 Å². The number of amides is 1. The van der Waals surface area contributed by atoms with Crippen LogP contribution < -0.4 is 15.0 Å². The molecule has 4 rings (SSSR count). The van der Waals surface area contributed by atoms with Gasteiger partial charge in [0.15, 0.2) is 5.13 Å². The van der Waals surface area contributed by atoms with E-state index in [0.717, 1.165) is 54.7 Å². The van der Waals surface area contributed by atoms with Crippen molar-refractivity contribution in [3.8, 4) is 5.75 Å². The number of methoxy groups -OCH3 is 1. The second-order valence-electron chi connectivity index (χ2n) is 7.51. The van der Waals surface area contributed by atoms with Gasteiger partial charge in [0.1, 0.15) is 11.3 Å². The molecule has 7 nitrogen and oxygen atoms in total. The Labute approximate surface area is 168 Å². The Morgan fingerprint density at radius 3 is 2.79 bits per heavy atom. The number of carbonyl (C=O) groups is 1. The third kappa shape index (κ3) is 4.24. The number of nitrogens with zero attached hydrogens (tertiary/aromatic N) is 2. The maximum atomic E-state index is 12.5. The summed E-state index contributed by atoms with van der Waals surface area (Å²) in [5.41, 5.74) is 1.89. The van der Waals surface area contributed by atoms with Gasteiger partial charge in [-0.05, 0) is 43.7 Å². The monoisotopic (exact) mass is 405 g/mol. The van der Waals surface area contributed by atoms with E-state index in [-0.39, 0.29) is 12.0 Å². The molecule has 1 aliphatic heterocycles. The first-order valence-corrected chi connectivity index (χ1v) is 10.7. The van der Waals surface area contributed by atoms with E-state index < -0.39 is 0 Å². The first-order chi connectivity index (χ1) is 13.6. The number of rotatable bonds is 5. The normalized spacial score (nSPS) is 23.0. The van der Waals surface area contributed by atoms with Gasteiger partial charge < -0.3 is 24.8 Å². The van der Waals surface area contributed by atoms with Gasteiger partial charge in [0, 0.05) is 19.5 Å². The Morgan fingerprint density at radius 1 is 1.32 bits per heavy atom. The lowest BCUT2D eigenvalue weighted by atomic mass is 9.85. The molecule has 1 saturated heterocycles. The van der Waals surface area contributed by atoms with Crippen LogP contribution in [-0.4, -0.2) is 55.5 Å². The number of ether oxygens (including phenoxy) is 2. The maximum absolute atomic E-state index is 12.5. The van der Waals surface area contributed by atoms with Crippen molar-refractivity contribution in [2.45, 2.75) is 38.2 Å². The molecular weight excluding hydrogens is 378 g/mol. The standard InChI is InChI=1S/C20H27N3O4S/c1-26-16-7-6-15(23-8-10-27-11-9-23)19-18(16)22-20(28-19)21-17(25)12-13-2-4-14(24)5-3-13/h6-7,13-14,24H,2-5,8-12H2,1H3,(H,21,22,25). The van der Waals surface area contributed by atoms with Gasteiger partial charge in [0.25, 0.3) is 0 Å². The minimum Gasteiger partial charge on any atom is -0.494 e. The van der Waals surface area contributed by atoms with Crippen LogP contribution in [0.2, 0.25) is 0 Å². The van der Waals surface area contributed by atoms with Gasteiger partial charge in [-0.25, -0.2) is 4.98 Å². The summed E-state index contributed by atoms with van der Waals surface area (Å²) in [6, 6.07) is 4.00. The van der Waals surface area contributed by atoms with E-state index in [2.05, 4.69) is 21.3 Å². The van der Waals surface area contributed by atoms with Crippen LogP contribution in [0, 0.1) is 5.92 Å². The lowest BCUT2D eigenvalue weighted by Crippen LogP contribution is -2.36. The summed E-state index contributed by atoms with van der Waals surface area (Å²) < 4.78 is 12.0. The Bertz CT molecular complexity index is 826. The molecular formula is C20H27N3O4S. The molecule has 0 radical (unpaired) electrons. The van der Waals surface area contributed by atoms with E-state index in [1.807, 2.05) is 6.07 Å². The van der Waals surface area contributed by atoms with E-state index >= 15 is 0 Å². The largest absolute Gasteiger partial charge is 0.494 e. The highest BCUT2D eigenvalue weighted by atomic mass is 32.1. The van der Waals surface area contributed by atoms with Crippen LogP contribution >= 0.6 is 11.3 Å². The molecule has 2 aliphatic rings. The van der Waals surface area contributed by atoms with Gasteiger partial charge in [0.2, 0.25) is 5.91 Å². The molecule has 1 aromatic carbocycles. The SMILES string of the molecule is COc1ccc(N2CCOCC2)c2sc(NC(=O)CC3CCC(O)CC3)nc12. The summed E-state index contributed by atoms with van der Waals surface area (Å²) in [6.45, 7) is 3.11. The lowest BCUT2D eigenvalue weighted by molar-refractivity contribution is -0.117. The summed E-state index contributed by atoms with van der Waals surface area (Å²) in [5, 5.41) is 13.2. The highest BCUT2D eigenvalue weighted by Crippen LogP contribution is 2.39. The van der Waals surface area contributed by atoms with Crippen LogP contribution in [0.15, 0.2) is 12.1 Å². The first-order valence-electron chi connectivity index (χ1n) is 9.92. The molecule has 152 valence electrons. The van der Waals surface area contributed by atoms with Gasteiger partial charge >= 0.3 is 0 Å². The van der Waals surface area contributed by atoms with Crippen LogP contribution in [0.25, 0.3) is 10.2 Å². The van der Waals surface area contributed by atoms with Crippen LogP contribution in [0.1, 0.15) is 32.1 Å². The Kier molecular flexibility index (Phi) is 5.99. The maximum Gasteiger partial charge on any atom is 0.226 e. The van der Waals surface area contributed by atoms with Crippen molar-refractivity contribution in [1.82, 2.24) is 4.98 Å². The molecule has 2 heterocycles. The molecule has 28 heavy (non-hydrogen) atoms. The number of aromatic nitrogens is 1. The zero-order valence-corrected chi connectivity index (χ0v) is 17.0. The van der Waals surface area contributed by atoms with Gasteiger partial charge in [0.05, 0.1) is 36.8 Å². The van der Waals surface area contributed by atoms with Gasteiger partial charge in [-0.2, -0.15) is 0 Å². The highest BCUT2D eigenvalue weighted by Gasteiger charge is 2.23. The molecule has 0 atom stereocenters. The van der Waals surface area contributed by atoms with Crippen molar-refractivity contribution >= 4 is 38.3 Å². The second-order valence-corrected chi connectivity index (χ2v) is 8.51. The number of nitrogens with one attached hydrogen (secondary N) is 1.